The van der Waals surface area contributed by atoms with Crippen molar-refractivity contribution in [2.75, 3.05) is 32.2 Å². The van der Waals surface area contributed by atoms with Crippen molar-refractivity contribution in [2.45, 2.75) is 77.0 Å². The summed E-state index contributed by atoms with van der Waals surface area (Å²) in [4.78, 5) is 72.2. The van der Waals surface area contributed by atoms with Gasteiger partial charge in [-0.15, -0.1) is 0 Å². The van der Waals surface area contributed by atoms with E-state index in [0.29, 0.717) is 18.1 Å². The van der Waals surface area contributed by atoms with E-state index in [2.05, 4.69) is 44.1 Å². The molecular weight excluding hydrogens is 919 g/mol. The maximum atomic E-state index is 14.9. The van der Waals surface area contributed by atoms with Gasteiger partial charge in [-0.1, -0.05) is 27.7 Å². The van der Waals surface area contributed by atoms with Gasteiger partial charge >= 0.3 is 294 Å². The SMILES string of the molecule is COC(=O)NC(C(=O)N1CC(F)(F)C[C@H]1c1ncc(-c2ccc3c(c2)cc2n3I(C)Oc3cc(-c4cnc([C@@H]5CCCN5C(=O)[C@@H](NC(=O)OC)C(C)C)[nH]4)ccc3-2)[nH]1)C(C)C. The normalized spacial score (nSPS) is 19.6. The van der Waals surface area contributed by atoms with Gasteiger partial charge in [-0.3, -0.25) is 0 Å². The number of aromatic amines is 2. The van der Waals surface area contributed by atoms with Crippen LogP contribution in [0.5, 0.6) is 5.75 Å². The Bertz CT molecular complexity index is 2540. The van der Waals surface area contributed by atoms with Crippen molar-refractivity contribution in [3.8, 4) is 39.5 Å². The van der Waals surface area contributed by atoms with Gasteiger partial charge in [0.15, 0.2) is 0 Å². The molecule has 19 heteroatoms. The molecule has 3 aromatic heterocycles. The number of ether oxygens (including phenoxy) is 2. The molecule has 0 radical (unpaired) electrons. The number of benzene rings is 2. The largest absolute Gasteiger partial charge is 0.0603 e. The first-order valence-electron chi connectivity index (χ1n) is 20.4. The summed E-state index contributed by atoms with van der Waals surface area (Å²) in [6, 6.07) is 11.1. The van der Waals surface area contributed by atoms with Gasteiger partial charge in [0.25, 0.3) is 0 Å². The number of nitrogens with zero attached hydrogens (tertiary/aromatic N) is 5. The van der Waals surface area contributed by atoms with Crippen LogP contribution in [0, 0.1) is 11.8 Å². The maximum absolute atomic E-state index is 14.9. The molecule has 6 heterocycles. The van der Waals surface area contributed by atoms with Crippen LogP contribution in [0.4, 0.5) is 18.4 Å². The van der Waals surface area contributed by atoms with Crippen LogP contribution in [0.2, 0.25) is 0 Å². The first-order chi connectivity index (χ1) is 29.6. The zero-order chi connectivity index (χ0) is 44.2. The maximum Gasteiger partial charge on any atom is -0.0175 e. The summed E-state index contributed by atoms with van der Waals surface area (Å²) in [5, 5.41) is 6.15. The molecule has 3 aliphatic rings. The van der Waals surface area contributed by atoms with Gasteiger partial charge in [0.05, 0.1) is 14.2 Å². The third kappa shape index (κ3) is 8.06. The summed E-state index contributed by atoms with van der Waals surface area (Å²) >= 11 is -2.24. The number of halogens is 3. The number of carbonyl (C=O) groups excluding carboxylic acids is 4. The molecule has 0 aliphatic carbocycles. The second-order valence-corrected chi connectivity index (χ2v) is 20.2. The second-order valence-electron chi connectivity index (χ2n) is 16.6. The summed E-state index contributed by atoms with van der Waals surface area (Å²) < 4.78 is 48.3. The van der Waals surface area contributed by atoms with Crippen LogP contribution < -0.4 is 13.7 Å². The molecule has 8 rings (SSSR count). The number of hydrogen-bond donors (Lipinski definition) is 4. The number of imidazole rings is 2. The fourth-order valence-corrected chi connectivity index (χ4v) is 12.1. The van der Waals surface area contributed by atoms with E-state index < -0.39 is 75.6 Å². The number of alkyl carbamates (subject to hydrolysis) is 2. The third-order valence-electron chi connectivity index (χ3n) is 11.7. The summed E-state index contributed by atoms with van der Waals surface area (Å²) in [5.74, 6) is -2.80. The minimum absolute atomic E-state index is 0.140. The van der Waals surface area contributed by atoms with E-state index in [1.54, 1.807) is 31.1 Å². The van der Waals surface area contributed by atoms with E-state index in [9.17, 15) is 28.0 Å². The Kier molecular flexibility index (Phi) is 11.7. The number of alkyl halides is 3. The molecule has 0 saturated carbocycles. The standard InChI is InChI=1S/C43H50F2IN9O7/c1-22(2)35(51-41(58)60-6)39(56)53-14-8-9-31(53)37-47-20-29(49-37)25-10-12-27-32-16-26-15-24(11-13-30(26)55(32)46(5)62-34(27)17-25)28-19-48-38(50-28)33-18-43(44,45)21-54(33)40(57)36(23(3)4)52-42(59)61-7/h10-13,15-17,19-20,22-23,31,33,35-36H,8-9,14,18,21H2,1-7H3,(H,47,49)(H,48,50)(H,51,58)(H,52,59)/t31-,33-,35-,36?/m0/s1. The molecule has 0 spiro atoms. The van der Waals surface area contributed by atoms with Crippen molar-refractivity contribution in [1.29, 1.82) is 0 Å². The van der Waals surface area contributed by atoms with Crippen LogP contribution in [0.25, 0.3) is 44.7 Å². The number of hydrogen-bond acceptors (Lipinski definition) is 9. The topological polar surface area (TPSA) is 189 Å². The van der Waals surface area contributed by atoms with Gasteiger partial charge in [-0.25, -0.2) is 9.59 Å². The number of likely N-dealkylation sites (tertiary alicyclic amines) is 2. The van der Waals surface area contributed by atoms with Gasteiger partial charge in [-0.2, -0.15) is 0 Å². The third-order valence-corrected chi connectivity index (χ3v) is 15.3. The molecule has 3 aliphatic heterocycles. The zero-order valence-electron chi connectivity index (χ0n) is 35.4. The molecule has 16 nitrogen and oxygen atoms in total. The number of nitrogens with one attached hydrogen (secondary N) is 4. The van der Waals surface area contributed by atoms with Crippen molar-refractivity contribution in [3.05, 3.63) is 66.5 Å². The summed E-state index contributed by atoms with van der Waals surface area (Å²) in [7, 11) is 2.45. The number of amides is 4. The Morgan fingerprint density at radius 3 is 2.03 bits per heavy atom. The molecule has 2 aromatic carbocycles. The molecule has 0 bridgehead atoms. The van der Waals surface area contributed by atoms with Gasteiger partial charge in [0.2, 0.25) is 0 Å². The van der Waals surface area contributed by atoms with Crippen LogP contribution >= 0.6 is 20.5 Å². The Balaban J connectivity index is 1.03. The average Bonchev–Trinajstić information content (AvgIpc) is 4.09. The molecule has 62 heavy (non-hydrogen) atoms. The van der Waals surface area contributed by atoms with Crippen LogP contribution in [-0.4, -0.2) is 107 Å². The molecule has 2 fully saturated rings. The first-order valence-corrected chi connectivity index (χ1v) is 24.4. The van der Waals surface area contributed by atoms with Gasteiger partial charge in [-0.05, 0) is 5.92 Å². The number of carbonyl (C=O) groups is 4. The number of aromatic nitrogens is 5. The van der Waals surface area contributed by atoms with Crippen molar-refractivity contribution >= 4 is 55.4 Å². The van der Waals surface area contributed by atoms with Crippen LogP contribution in [-0.2, 0) is 19.1 Å². The minimum Gasteiger partial charge on any atom is -0.0603 e. The van der Waals surface area contributed by atoms with Crippen molar-refractivity contribution < 1.29 is 40.5 Å². The quantitative estimate of drug-likeness (QED) is 0.0806. The van der Waals surface area contributed by atoms with E-state index in [4.69, 9.17) is 12.8 Å². The van der Waals surface area contributed by atoms with Crippen LogP contribution in [0.3, 0.4) is 0 Å². The van der Waals surface area contributed by atoms with Gasteiger partial charge < -0.3 is 14.8 Å². The molecule has 5 aromatic rings. The van der Waals surface area contributed by atoms with Crippen LogP contribution in [0.15, 0.2) is 54.9 Å². The smallest absolute Gasteiger partial charge is 0.0175 e. The summed E-state index contributed by atoms with van der Waals surface area (Å²) in [6.07, 6.45) is 2.83. The Morgan fingerprint density at radius 1 is 0.839 bits per heavy atom. The molecule has 4 atom stereocenters. The monoisotopic (exact) mass is 969 g/mol. The number of fused-ring (bicyclic) bond motifs is 5. The molecular formula is C43H50F2IN9O7. The van der Waals surface area contributed by atoms with Crippen LogP contribution in [0.1, 0.15) is 70.7 Å². The molecule has 330 valence electrons. The fraction of sp³-hybridized carbons (Fsp3) is 0.442. The van der Waals surface area contributed by atoms with Gasteiger partial charge in [0.1, 0.15) is 0 Å². The van der Waals surface area contributed by atoms with E-state index >= 15 is 0 Å². The Labute approximate surface area is 364 Å². The Morgan fingerprint density at radius 2 is 1.42 bits per heavy atom. The molecule has 1 unspecified atom stereocenters. The van der Waals surface area contributed by atoms with E-state index in [0.717, 1.165) is 62.5 Å². The molecule has 4 amide bonds. The number of methoxy groups -OCH3 is 2. The fourth-order valence-electron chi connectivity index (χ4n) is 8.58. The van der Waals surface area contributed by atoms with E-state index in [1.807, 2.05) is 50.2 Å². The second kappa shape index (κ2) is 16.9. The molecule has 2 saturated heterocycles. The van der Waals surface area contributed by atoms with Crippen molar-refractivity contribution in [3.63, 3.8) is 0 Å². The predicted molar refractivity (Wildman–Crippen MR) is 235 cm³/mol. The average molecular weight is 970 g/mol. The number of H-pyrrole nitrogens is 2. The Hall–Kier alpha value is -5.73. The zero-order valence-corrected chi connectivity index (χ0v) is 37.6. The predicted octanol–water partition coefficient (Wildman–Crippen LogP) is 7.63. The van der Waals surface area contributed by atoms with E-state index in [-0.39, 0.29) is 29.6 Å². The van der Waals surface area contributed by atoms with Gasteiger partial charge in [0, 0.05) is 0 Å². The number of rotatable bonds is 10. The summed E-state index contributed by atoms with van der Waals surface area (Å²) in [6.45, 7) is 6.97. The van der Waals surface area contributed by atoms with Crippen molar-refractivity contribution in [1.82, 2.24) is 43.1 Å². The molecule has 4 N–H and O–H groups in total. The summed E-state index contributed by atoms with van der Waals surface area (Å²) in [5.41, 5.74) is 6.04. The minimum atomic E-state index is -3.14. The van der Waals surface area contributed by atoms with E-state index in [1.165, 1.54) is 14.2 Å². The first kappa shape index (κ1) is 42.9. The van der Waals surface area contributed by atoms with Crippen molar-refractivity contribution in [2.24, 2.45) is 11.8 Å².